The van der Waals surface area contributed by atoms with Crippen LogP contribution in [0.3, 0.4) is 0 Å². The fraction of sp³-hybridized carbons (Fsp3) is 0.765. The van der Waals surface area contributed by atoms with E-state index >= 15 is 0 Å². The van der Waals surface area contributed by atoms with Gasteiger partial charge < -0.3 is 19.7 Å². The highest BCUT2D eigenvalue weighted by atomic mass is 16.6. The van der Waals surface area contributed by atoms with E-state index in [9.17, 15) is 19.8 Å². The van der Waals surface area contributed by atoms with E-state index in [1.807, 2.05) is 0 Å². The molecule has 0 bridgehead atoms. The van der Waals surface area contributed by atoms with Gasteiger partial charge in [0.1, 0.15) is 6.10 Å². The predicted octanol–water partition coefficient (Wildman–Crippen LogP) is 1.73. The van der Waals surface area contributed by atoms with Crippen LogP contribution in [0.2, 0.25) is 0 Å². The summed E-state index contributed by atoms with van der Waals surface area (Å²) < 4.78 is 10.4. The van der Waals surface area contributed by atoms with Gasteiger partial charge in [-0.1, -0.05) is 12.2 Å². The Morgan fingerprint density at radius 3 is 2.83 bits per heavy atom. The number of allylic oxidation sites excluding steroid dienone is 1. The van der Waals surface area contributed by atoms with Gasteiger partial charge in [0.15, 0.2) is 0 Å². The second-order valence-corrected chi connectivity index (χ2v) is 6.18. The van der Waals surface area contributed by atoms with Crippen LogP contribution >= 0.6 is 0 Å². The zero-order chi connectivity index (χ0) is 17.4. The number of esters is 2. The molecule has 0 radical (unpaired) electrons. The van der Waals surface area contributed by atoms with Crippen LogP contribution < -0.4 is 0 Å². The number of aliphatic hydroxyl groups is 2. The predicted molar refractivity (Wildman–Crippen MR) is 84.5 cm³/mol. The minimum Gasteiger partial charge on any atom is -0.463 e. The number of aliphatic hydroxyl groups excluding tert-OH is 2. The Balaban J connectivity index is 2.58. The second kappa shape index (κ2) is 9.67. The Morgan fingerprint density at radius 2 is 2.17 bits per heavy atom. The fourth-order valence-electron chi connectivity index (χ4n) is 2.53. The first-order chi connectivity index (χ1) is 10.8. The summed E-state index contributed by atoms with van der Waals surface area (Å²) in [5.41, 5.74) is 0. The SMILES string of the molecule is CC(=O)O[C@@H](C)CCC[C@H]1OC(=O)[C@H](C)[C@H](O)/C=C\CC[C@@H]1O. The van der Waals surface area contributed by atoms with Crippen molar-refractivity contribution in [3.05, 3.63) is 12.2 Å². The number of hydrogen-bond acceptors (Lipinski definition) is 6. The first kappa shape index (κ1) is 19.6. The molecule has 0 saturated carbocycles. The largest absolute Gasteiger partial charge is 0.463 e. The van der Waals surface area contributed by atoms with Gasteiger partial charge in [0.25, 0.3) is 0 Å². The van der Waals surface area contributed by atoms with Crippen LogP contribution in [-0.2, 0) is 19.1 Å². The number of carbonyl (C=O) groups is 2. The summed E-state index contributed by atoms with van der Waals surface area (Å²) in [7, 11) is 0. The van der Waals surface area contributed by atoms with E-state index in [4.69, 9.17) is 9.47 Å². The highest BCUT2D eigenvalue weighted by Crippen LogP contribution is 2.20. The molecule has 6 nitrogen and oxygen atoms in total. The van der Waals surface area contributed by atoms with Crippen molar-refractivity contribution >= 4 is 11.9 Å². The molecule has 1 aliphatic heterocycles. The van der Waals surface area contributed by atoms with Crippen molar-refractivity contribution in [2.45, 2.75) is 77.3 Å². The lowest BCUT2D eigenvalue weighted by Crippen LogP contribution is -2.36. The summed E-state index contributed by atoms with van der Waals surface area (Å²) in [6.07, 6.45) is 3.80. The van der Waals surface area contributed by atoms with Gasteiger partial charge in [0.2, 0.25) is 0 Å². The molecule has 1 heterocycles. The van der Waals surface area contributed by atoms with Gasteiger partial charge in [0, 0.05) is 6.92 Å². The third-order valence-corrected chi connectivity index (χ3v) is 4.01. The lowest BCUT2D eigenvalue weighted by Gasteiger charge is -2.26. The maximum atomic E-state index is 12.0. The van der Waals surface area contributed by atoms with Crippen LogP contribution in [0.5, 0.6) is 0 Å². The molecule has 132 valence electrons. The fourth-order valence-corrected chi connectivity index (χ4v) is 2.53. The molecule has 0 amide bonds. The molecule has 0 spiro atoms. The molecule has 0 aromatic carbocycles. The first-order valence-corrected chi connectivity index (χ1v) is 8.21. The van der Waals surface area contributed by atoms with E-state index in [0.717, 1.165) is 0 Å². The molecule has 0 saturated heterocycles. The van der Waals surface area contributed by atoms with Gasteiger partial charge in [-0.25, -0.2) is 0 Å². The molecule has 1 rings (SSSR count). The van der Waals surface area contributed by atoms with Crippen molar-refractivity contribution < 1.29 is 29.3 Å². The van der Waals surface area contributed by atoms with E-state index in [1.54, 1.807) is 26.0 Å². The quantitative estimate of drug-likeness (QED) is 0.590. The third-order valence-electron chi connectivity index (χ3n) is 4.01. The smallest absolute Gasteiger partial charge is 0.311 e. The van der Waals surface area contributed by atoms with E-state index in [-0.39, 0.29) is 12.1 Å². The molecule has 23 heavy (non-hydrogen) atoms. The highest BCUT2D eigenvalue weighted by Gasteiger charge is 2.29. The van der Waals surface area contributed by atoms with Crippen LogP contribution in [-0.4, -0.2) is 46.6 Å². The Labute approximate surface area is 137 Å². The minimum absolute atomic E-state index is 0.205. The summed E-state index contributed by atoms with van der Waals surface area (Å²) in [6.45, 7) is 4.77. The molecule has 2 N–H and O–H groups in total. The molecule has 0 unspecified atom stereocenters. The Bertz CT molecular complexity index is 419. The van der Waals surface area contributed by atoms with E-state index < -0.39 is 30.2 Å². The molecule has 1 aliphatic rings. The summed E-state index contributed by atoms with van der Waals surface area (Å²) in [5.74, 6) is -1.50. The van der Waals surface area contributed by atoms with Crippen molar-refractivity contribution in [1.29, 1.82) is 0 Å². The van der Waals surface area contributed by atoms with Crippen molar-refractivity contribution in [3.8, 4) is 0 Å². The number of rotatable bonds is 5. The Hall–Kier alpha value is -1.40. The zero-order valence-electron chi connectivity index (χ0n) is 14.1. The molecule has 0 aliphatic carbocycles. The second-order valence-electron chi connectivity index (χ2n) is 6.18. The minimum atomic E-state index is -0.873. The van der Waals surface area contributed by atoms with E-state index in [1.165, 1.54) is 6.92 Å². The molecule has 6 heteroatoms. The normalized spacial score (nSPS) is 31.8. The van der Waals surface area contributed by atoms with Gasteiger partial charge in [-0.05, 0) is 46.0 Å². The van der Waals surface area contributed by atoms with Crippen LogP contribution in [0.4, 0.5) is 0 Å². The number of hydrogen-bond donors (Lipinski definition) is 2. The van der Waals surface area contributed by atoms with Crippen LogP contribution in [0, 0.1) is 5.92 Å². The van der Waals surface area contributed by atoms with Gasteiger partial charge in [-0.2, -0.15) is 0 Å². The van der Waals surface area contributed by atoms with Crippen molar-refractivity contribution in [1.82, 2.24) is 0 Å². The molecular weight excluding hydrogens is 300 g/mol. The monoisotopic (exact) mass is 328 g/mol. The topological polar surface area (TPSA) is 93.1 Å². The zero-order valence-corrected chi connectivity index (χ0v) is 14.1. The standard InChI is InChI=1S/C17H28O6/c1-11(22-13(3)18)7-6-10-16-15(20)9-5-4-8-14(19)12(2)17(21)23-16/h4,8,11-12,14-16,19-20H,5-7,9-10H2,1-3H3/b8-4-/t11-,12+,14+,15-,16+/m0/s1. The van der Waals surface area contributed by atoms with Gasteiger partial charge >= 0.3 is 11.9 Å². The van der Waals surface area contributed by atoms with Crippen molar-refractivity contribution in [3.63, 3.8) is 0 Å². The number of carbonyl (C=O) groups excluding carboxylic acids is 2. The van der Waals surface area contributed by atoms with Gasteiger partial charge in [-0.3, -0.25) is 9.59 Å². The average molecular weight is 328 g/mol. The van der Waals surface area contributed by atoms with Crippen LogP contribution in [0.15, 0.2) is 12.2 Å². The van der Waals surface area contributed by atoms with E-state index in [2.05, 4.69) is 0 Å². The number of cyclic esters (lactones) is 1. The lowest BCUT2D eigenvalue weighted by atomic mass is 9.98. The van der Waals surface area contributed by atoms with Crippen LogP contribution in [0.1, 0.15) is 52.9 Å². The van der Waals surface area contributed by atoms with Gasteiger partial charge in [0.05, 0.1) is 24.2 Å². The molecule has 5 atom stereocenters. The van der Waals surface area contributed by atoms with Crippen LogP contribution in [0.25, 0.3) is 0 Å². The summed E-state index contributed by atoms with van der Waals surface area (Å²) >= 11 is 0. The maximum absolute atomic E-state index is 12.0. The highest BCUT2D eigenvalue weighted by molar-refractivity contribution is 5.73. The lowest BCUT2D eigenvalue weighted by molar-refractivity contribution is -0.163. The summed E-state index contributed by atoms with van der Waals surface area (Å²) in [4.78, 5) is 22.9. The number of ether oxygens (including phenoxy) is 2. The maximum Gasteiger partial charge on any atom is 0.311 e. The van der Waals surface area contributed by atoms with Crippen molar-refractivity contribution in [2.75, 3.05) is 0 Å². The molecule has 0 fully saturated rings. The third kappa shape index (κ3) is 7.14. The first-order valence-electron chi connectivity index (χ1n) is 8.21. The Kier molecular flexibility index (Phi) is 8.26. The van der Waals surface area contributed by atoms with E-state index in [0.29, 0.717) is 32.1 Å². The molecule has 0 aromatic heterocycles. The Morgan fingerprint density at radius 1 is 1.48 bits per heavy atom. The van der Waals surface area contributed by atoms with Gasteiger partial charge in [-0.15, -0.1) is 0 Å². The summed E-state index contributed by atoms with van der Waals surface area (Å²) in [6, 6.07) is 0. The average Bonchev–Trinajstić information content (AvgIpc) is 2.47. The molecule has 0 aromatic rings. The van der Waals surface area contributed by atoms with Crippen molar-refractivity contribution in [2.24, 2.45) is 5.92 Å². The molecular formula is C17H28O6. The summed E-state index contributed by atoms with van der Waals surface area (Å²) in [5, 5.41) is 20.1.